The van der Waals surface area contributed by atoms with Crippen LogP contribution in [0.25, 0.3) is 0 Å². The Morgan fingerprint density at radius 2 is 0.695 bits per heavy atom. The van der Waals surface area contributed by atoms with Gasteiger partial charge in [0.15, 0.2) is 0 Å². The average Bonchev–Trinajstić information content (AvgIpc) is 3.24. The maximum atomic E-state index is 12.4. The summed E-state index contributed by atoms with van der Waals surface area (Å²) in [5.74, 6) is -0.0256. The van der Waals surface area contributed by atoms with E-state index in [1.807, 2.05) is 0 Å². The Morgan fingerprint density at radius 1 is 0.407 bits per heavy atom. The van der Waals surface area contributed by atoms with E-state index in [0.717, 1.165) is 38.5 Å². The average molecular weight is 836 g/mol. The normalized spacial score (nSPS) is 12.5. The predicted octanol–water partition coefficient (Wildman–Crippen LogP) is 16.0. The van der Waals surface area contributed by atoms with Gasteiger partial charge in [0.1, 0.15) is 0 Å². The minimum absolute atomic E-state index is 0.0116. The molecule has 0 radical (unpaired) electrons. The van der Waals surface area contributed by atoms with Crippen LogP contribution < -0.4 is 5.32 Å². The number of nitrogens with one attached hydrogen (secondary N) is 1. The summed E-state index contributed by atoms with van der Waals surface area (Å²) in [4.78, 5) is 24.4. The number of hydrogen-bond acceptors (Lipinski definition) is 5. The summed E-state index contributed by atoms with van der Waals surface area (Å²) in [6.07, 6.45) is 55.1. The lowest BCUT2D eigenvalue weighted by atomic mass is 10.0. The first kappa shape index (κ1) is 57.9. The fraction of sp³-hybridized carbons (Fsp3) is 0.962. The van der Waals surface area contributed by atoms with Gasteiger partial charge in [-0.1, -0.05) is 264 Å². The van der Waals surface area contributed by atoms with Gasteiger partial charge in [-0.05, 0) is 25.7 Å². The lowest BCUT2D eigenvalue weighted by Gasteiger charge is -2.22. The molecule has 0 saturated carbocycles. The van der Waals surface area contributed by atoms with Gasteiger partial charge < -0.3 is 20.3 Å². The molecule has 0 fully saturated rings. The topological polar surface area (TPSA) is 95.9 Å². The standard InChI is InChI=1S/C53H105NO5/c1-3-5-7-9-11-13-15-27-31-35-39-43-47-53(58)59-48-44-40-36-32-28-25-23-21-19-17-16-18-20-22-24-26-30-34-38-42-46-52(57)54-50(49-55)51(56)45-41-37-33-29-14-12-10-8-6-4-2/h50-51,55-56H,3-49H2,1-2H3,(H,54,57). The summed E-state index contributed by atoms with van der Waals surface area (Å²) in [6, 6.07) is -0.539. The fourth-order valence-electron chi connectivity index (χ4n) is 8.52. The van der Waals surface area contributed by atoms with Crippen molar-refractivity contribution in [3.05, 3.63) is 0 Å². The monoisotopic (exact) mass is 836 g/mol. The number of rotatable bonds is 50. The second-order valence-electron chi connectivity index (χ2n) is 18.6. The van der Waals surface area contributed by atoms with E-state index in [0.29, 0.717) is 25.9 Å². The third-order valence-corrected chi connectivity index (χ3v) is 12.7. The molecule has 0 aliphatic heterocycles. The Balaban J connectivity index is 3.36. The smallest absolute Gasteiger partial charge is 0.305 e. The summed E-state index contributed by atoms with van der Waals surface area (Å²) < 4.78 is 5.46. The quantitative estimate of drug-likeness (QED) is 0.0419. The number of aliphatic hydroxyl groups is 2. The maximum absolute atomic E-state index is 12.4. The van der Waals surface area contributed by atoms with Gasteiger partial charge in [0.2, 0.25) is 5.91 Å². The van der Waals surface area contributed by atoms with Crippen LogP contribution in [-0.2, 0) is 14.3 Å². The van der Waals surface area contributed by atoms with Gasteiger partial charge in [-0.3, -0.25) is 9.59 Å². The van der Waals surface area contributed by atoms with Crippen LogP contribution in [0.4, 0.5) is 0 Å². The van der Waals surface area contributed by atoms with E-state index in [1.165, 1.54) is 231 Å². The number of ether oxygens (including phenoxy) is 1. The van der Waals surface area contributed by atoms with E-state index in [4.69, 9.17) is 4.74 Å². The Bertz CT molecular complexity index is 837. The lowest BCUT2D eigenvalue weighted by molar-refractivity contribution is -0.143. The number of hydrogen-bond donors (Lipinski definition) is 3. The van der Waals surface area contributed by atoms with Gasteiger partial charge in [0.25, 0.3) is 0 Å². The molecule has 0 spiro atoms. The summed E-state index contributed by atoms with van der Waals surface area (Å²) in [7, 11) is 0. The molecule has 0 aromatic heterocycles. The number of carbonyl (C=O) groups is 2. The first-order chi connectivity index (χ1) is 29.0. The minimum Gasteiger partial charge on any atom is -0.466 e. The van der Waals surface area contributed by atoms with Gasteiger partial charge in [-0.25, -0.2) is 0 Å². The molecule has 0 rings (SSSR count). The summed E-state index contributed by atoms with van der Waals surface area (Å²) in [5, 5.41) is 23.1. The van der Waals surface area contributed by atoms with E-state index in [2.05, 4.69) is 19.2 Å². The van der Waals surface area contributed by atoms with Crippen molar-refractivity contribution < 1.29 is 24.5 Å². The fourth-order valence-corrected chi connectivity index (χ4v) is 8.52. The van der Waals surface area contributed by atoms with E-state index in [1.54, 1.807) is 0 Å². The first-order valence-corrected chi connectivity index (χ1v) is 26.8. The van der Waals surface area contributed by atoms with Crippen molar-refractivity contribution >= 4 is 11.9 Å². The molecule has 0 aromatic rings. The molecule has 2 atom stereocenters. The summed E-state index contributed by atoms with van der Waals surface area (Å²) in [6.45, 7) is 4.94. The maximum Gasteiger partial charge on any atom is 0.305 e. The number of aliphatic hydroxyl groups excluding tert-OH is 2. The zero-order valence-electron chi connectivity index (χ0n) is 40.0. The summed E-state index contributed by atoms with van der Waals surface area (Å²) in [5.41, 5.74) is 0. The summed E-state index contributed by atoms with van der Waals surface area (Å²) >= 11 is 0. The highest BCUT2D eigenvalue weighted by Crippen LogP contribution is 2.17. The van der Waals surface area contributed by atoms with Gasteiger partial charge in [0.05, 0.1) is 25.4 Å². The van der Waals surface area contributed by atoms with Crippen LogP contribution in [0.15, 0.2) is 0 Å². The van der Waals surface area contributed by atoms with Gasteiger partial charge in [-0.2, -0.15) is 0 Å². The highest BCUT2D eigenvalue weighted by atomic mass is 16.5. The Hall–Kier alpha value is -1.14. The zero-order chi connectivity index (χ0) is 43.0. The highest BCUT2D eigenvalue weighted by Gasteiger charge is 2.20. The molecule has 0 aliphatic rings. The molecule has 352 valence electrons. The molecule has 6 nitrogen and oxygen atoms in total. The van der Waals surface area contributed by atoms with Crippen LogP contribution in [0, 0.1) is 0 Å². The molecule has 2 unspecified atom stereocenters. The van der Waals surface area contributed by atoms with E-state index in [9.17, 15) is 19.8 Å². The number of amides is 1. The predicted molar refractivity (Wildman–Crippen MR) is 255 cm³/mol. The van der Waals surface area contributed by atoms with Crippen LogP contribution in [-0.4, -0.2) is 47.4 Å². The number of unbranched alkanes of at least 4 members (excludes halogenated alkanes) is 39. The van der Waals surface area contributed by atoms with Crippen molar-refractivity contribution in [2.75, 3.05) is 13.2 Å². The van der Waals surface area contributed by atoms with Crippen molar-refractivity contribution in [3.63, 3.8) is 0 Å². The molecule has 59 heavy (non-hydrogen) atoms. The molecule has 3 N–H and O–H groups in total. The van der Waals surface area contributed by atoms with Crippen LogP contribution in [0.5, 0.6) is 0 Å². The van der Waals surface area contributed by atoms with Crippen molar-refractivity contribution in [2.24, 2.45) is 0 Å². The van der Waals surface area contributed by atoms with E-state index < -0.39 is 12.1 Å². The highest BCUT2D eigenvalue weighted by molar-refractivity contribution is 5.76. The van der Waals surface area contributed by atoms with Crippen molar-refractivity contribution in [1.29, 1.82) is 0 Å². The van der Waals surface area contributed by atoms with Crippen molar-refractivity contribution in [1.82, 2.24) is 5.32 Å². The molecule has 0 aliphatic carbocycles. The van der Waals surface area contributed by atoms with Crippen LogP contribution in [0.3, 0.4) is 0 Å². The molecule has 6 heteroatoms. The SMILES string of the molecule is CCCCCCCCCCCCCCC(=O)OCCCCCCCCCCCCCCCCCCCCCCC(=O)NC(CO)C(O)CCCCCCCCCCCC. The second kappa shape index (κ2) is 49.5. The molecule has 0 saturated heterocycles. The van der Waals surface area contributed by atoms with Crippen molar-refractivity contribution in [3.8, 4) is 0 Å². The van der Waals surface area contributed by atoms with Crippen LogP contribution in [0.1, 0.15) is 303 Å². The third-order valence-electron chi connectivity index (χ3n) is 12.7. The Morgan fingerprint density at radius 3 is 1.03 bits per heavy atom. The van der Waals surface area contributed by atoms with Crippen LogP contribution >= 0.6 is 0 Å². The van der Waals surface area contributed by atoms with Crippen molar-refractivity contribution in [2.45, 2.75) is 315 Å². The largest absolute Gasteiger partial charge is 0.466 e. The van der Waals surface area contributed by atoms with Crippen LogP contribution in [0.2, 0.25) is 0 Å². The molecule has 0 heterocycles. The van der Waals surface area contributed by atoms with E-state index in [-0.39, 0.29) is 18.5 Å². The number of carbonyl (C=O) groups excluding carboxylic acids is 2. The molecule has 0 bridgehead atoms. The Labute approximate surface area is 368 Å². The molecular weight excluding hydrogens is 731 g/mol. The first-order valence-electron chi connectivity index (χ1n) is 26.8. The molecule has 1 amide bonds. The lowest BCUT2D eigenvalue weighted by Crippen LogP contribution is -2.45. The van der Waals surface area contributed by atoms with Gasteiger partial charge >= 0.3 is 5.97 Å². The molecule has 0 aromatic carbocycles. The zero-order valence-corrected chi connectivity index (χ0v) is 40.0. The molecular formula is C53H105NO5. The number of esters is 1. The van der Waals surface area contributed by atoms with E-state index >= 15 is 0 Å². The van der Waals surface area contributed by atoms with Gasteiger partial charge in [-0.15, -0.1) is 0 Å². The Kier molecular flexibility index (Phi) is 48.6. The second-order valence-corrected chi connectivity index (χ2v) is 18.6. The third kappa shape index (κ3) is 46.2. The minimum atomic E-state index is -0.662. The van der Waals surface area contributed by atoms with Gasteiger partial charge in [0, 0.05) is 12.8 Å².